The van der Waals surface area contributed by atoms with Crippen LogP contribution in [0.15, 0.2) is 53.4 Å². The number of halogens is 3. The second kappa shape index (κ2) is 9.34. The van der Waals surface area contributed by atoms with E-state index < -0.39 is 15.8 Å². The lowest BCUT2D eigenvalue weighted by molar-refractivity contribution is 0.421. The molecule has 2 aromatic carbocycles. The van der Waals surface area contributed by atoms with Crippen molar-refractivity contribution in [2.24, 2.45) is 5.73 Å². The molecule has 0 fully saturated rings. The molecule has 24 heavy (non-hydrogen) atoms. The van der Waals surface area contributed by atoms with E-state index in [4.69, 9.17) is 17.3 Å². The highest BCUT2D eigenvalue weighted by Gasteiger charge is 2.26. The molecule has 2 rings (SSSR count). The molecule has 2 N–H and O–H groups in total. The van der Waals surface area contributed by atoms with Gasteiger partial charge in [-0.1, -0.05) is 41.9 Å². The standard InChI is InChI=1S/C16H18ClFN2O2S.ClH/c17-15-12-14(18)6-7-16(15)23(21,22)20(11-9-19)10-8-13-4-2-1-3-5-13;/h1-7,12H,8-11,19H2;1H. The number of nitrogens with two attached hydrogens (primary N) is 1. The summed E-state index contributed by atoms with van der Waals surface area (Å²) >= 11 is 5.90. The molecule has 0 atom stereocenters. The number of nitrogens with zero attached hydrogens (tertiary/aromatic N) is 1. The maximum atomic E-state index is 13.1. The first-order valence-electron chi connectivity index (χ1n) is 7.14. The van der Waals surface area contributed by atoms with Crippen LogP contribution < -0.4 is 5.73 Å². The summed E-state index contributed by atoms with van der Waals surface area (Å²) in [6.45, 7) is 0.632. The molecular weight excluding hydrogens is 374 g/mol. The minimum Gasteiger partial charge on any atom is -0.329 e. The molecular formula is C16H19Cl2FN2O2S. The normalized spacial score (nSPS) is 11.3. The fourth-order valence-electron chi connectivity index (χ4n) is 2.22. The monoisotopic (exact) mass is 392 g/mol. The molecule has 0 radical (unpaired) electrons. The van der Waals surface area contributed by atoms with Crippen molar-refractivity contribution in [1.29, 1.82) is 0 Å². The van der Waals surface area contributed by atoms with E-state index in [9.17, 15) is 12.8 Å². The SMILES string of the molecule is Cl.NCCN(CCc1ccccc1)S(=O)(=O)c1ccc(F)cc1Cl. The molecule has 0 heterocycles. The highest BCUT2D eigenvalue weighted by Crippen LogP contribution is 2.25. The molecule has 0 saturated heterocycles. The van der Waals surface area contributed by atoms with Gasteiger partial charge in [-0.05, 0) is 30.2 Å². The lowest BCUT2D eigenvalue weighted by Crippen LogP contribution is -2.37. The maximum absolute atomic E-state index is 13.1. The van der Waals surface area contributed by atoms with E-state index in [2.05, 4.69) is 0 Å². The highest BCUT2D eigenvalue weighted by molar-refractivity contribution is 7.89. The first-order valence-corrected chi connectivity index (χ1v) is 8.96. The summed E-state index contributed by atoms with van der Waals surface area (Å²) in [5.74, 6) is -0.580. The Morgan fingerprint density at radius 2 is 1.75 bits per heavy atom. The Bertz CT molecular complexity index is 758. The molecule has 4 nitrogen and oxygen atoms in total. The third-order valence-corrected chi connectivity index (χ3v) is 5.76. The summed E-state index contributed by atoms with van der Waals surface area (Å²) in [4.78, 5) is -0.109. The fraction of sp³-hybridized carbons (Fsp3) is 0.250. The first-order chi connectivity index (χ1) is 10.9. The van der Waals surface area contributed by atoms with Crippen LogP contribution in [0.2, 0.25) is 5.02 Å². The Labute approximate surface area is 152 Å². The second-order valence-corrected chi connectivity index (χ2v) is 7.32. The van der Waals surface area contributed by atoms with Crippen LogP contribution in [0.3, 0.4) is 0 Å². The van der Waals surface area contributed by atoms with Gasteiger partial charge in [0, 0.05) is 19.6 Å². The molecule has 0 bridgehead atoms. The zero-order valence-electron chi connectivity index (χ0n) is 12.9. The number of sulfonamides is 1. The van der Waals surface area contributed by atoms with Gasteiger partial charge in [-0.2, -0.15) is 4.31 Å². The van der Waals surface area contributed by atoms with Crippen molar-refractivity contribution in [2.75, 3.05) is 19.6 Å². The average Bonchev–Trinajstić information content (AvgIpc) is 2.52. The van der Waals surface area contributed by atoms with Crippen LogP contribution in [-0.2, 0) is 16.4 Å². The molecule has 0 aromatic heterocycles. The topological polar surface area (TPSA) is 63.4 Å². The summed E-state index contributed by atoms with van der Waals surface area (Å²) in [6, 6.07) is 12.8. The molecule has 0 saturated carbocycles. The molecule has 0 aliphatic rings. The summed E-state index contributed by atoms with van der Waals surface area (Å²) < 4.78 is 39.9. The Hall–Kier alpha value is -1.18. The largest absolute Gasteiger partial charge is 0.329 e. The minimum absolute atomic E-state index is 0. The van der Waals surface area contributed by atoms with Crippen LogP contribution in [0, 0.1) is 5.82 Å². The van der Waals surface area contributed by atoms with E-state index in [1.54, 1.807) is 0 Å². The van der Waals surface area contributed by atoms with Gasteiger partial charge in [0.2, 0.25) is 10.0 Å². The van der Waals surface area contributed by atoms with E-state index >= 15 is 0 Å². The van der Waals surface area contributed by atoms with Crippen molar-refractivity contribution in [2.45, 2.75) is 11.3 Å². The van der Waals surface area contributed by atoms with Crippen LogP contribution >= 0.6 is 24.0 Å². The maximum Gasteiger partial charge on any atom is 0.244 e. The van der Waals surface area contributed by atoms with Crippen molar-refractivity contribution in [1.82, 2.24) is 4.31 Å². The Morgan fingerprint density at radius 1 is 1.08 bits per heavy atom. The van der Waals surface area contributed by atoms with Crippen molar-refractivity contribution in [3.8, 4) is 0 Å². The average molecular weight is 393 g/mol. The third kappa shape index (κ3) is 5.16. The number of rotatable bonds is 7. The smallest absolute Gasteiger partial charge is 0.244 e. The summed E-state index contributed by atoms with van der Waals surface area (Å²) in [6.07, 6.45) is 0.554. The van der Waals surface area contributed by atoms with Crippen molar-refractivity contribution >= 4 is 34.0 Å². The lowest BCUT2D eigenvalue weighted by atomic mass is 10.1. The van der Waals surface area contributed by atoms with Crippen molar-refractivity contribution in [3.05, 3.63) is 64.9 Å². The molecule has 0 unspecified atom stereocenters. The Kier molecular flexibility index (Phi) is 8.12. The summed E-state index contributed by atoms with van der Waals surface area (Å²) in [5, 5.41) is -0.133. The number of hydrogen-bond donors (Lipinski definition) is 1. The third-order valence-electron chi connectivity index (χ3n) is 3.38. The van der Waals surface area contributed by atoms with Gasteiger partial charge in [-0.15, -0.1) is 12.4 Å². The predicted octanol–water partition coefficient (Wildman–Crippen LogP) is 3.09. The van der Waals surface area contributed by atoms with Crippen LogP contribution in [0.5, 0.6) is 0 Å². The zero-order chi connectivity index (χ0) is 16.9. The quantitative estimate of drug-likeness (QED) is 0.787. The van der Waals surface area contributed by atoms with Crippen LogP contribution in [-0.4, -0.2) is 32.4 Å². The minimum atomic E-state index is -3.83. The van der Waals surface area contributed by atoms with E-state index in [1.165, 1.54) is 10.4 Å². The second-order valence-electron chi connectivity index (χ2n) is 5.00. The van der Waals surface area contributed by atoms with Gasteiger partial charge in [-0.25, -0.2) is 12.8 Å². The van der Waals surface area contributed by atoms with E-state index in [0.29, 0.717) is 6.42 Å². The zero-order valence-corrected chi connectivity index (χ0v) is 15.2. The number of hydrogen-bond acceptors (Lipinski definition) is 3. The van der Waals surface area contributed by atoms with Crippen molar-refractivity contribution < 1.29 is 12.8 Å². The van der Waals surface area contributed by atoms with Crippen molar-refractivity contribution in [3.63, 3.8) is 0 Å². The van der Waals surface area contributed by atoms with Crippen LogP contribution in [0.1, 0.15) is 5.56 Å². The van der Waals surface area contributed by atoms with E-state index in [0.717, 1.165) is 17.7 Å². The Morgan fingerprint density at radius 3 is 2.33 bits per heavy atom. The predicted molar refractivity (Wildman–Crippen MR) is 96.6 cm³/mol. The molecule has 8 heteroatoms. The molecule has 0 spiro atoms. The number of benzene rings is 2. The van der Waals surface area contributed by atoms with Gasteiger partial charge in [0.05, 0.1) is 5.02 Å². The summed E-state index contributed by atoms with van der Waals surface area (Å²) in [7, 11) is -3.83. The van der Waals surface area contributed by atoms with E-state index in [1.807, 2.05) is 30.3 Å². The Balaban J connectivity index is 0.00000288. The van der Waals surface area contributed by atoms with Crippen LogP contribution in [0.25, 0.3) is 0 Å². The van der Waals surface area contributed by atoms with E-state index in [-0.39, 0.29) is 42.0 Å². The molecule has 132 valence electrons. The lowest BCUT2D eigenvalue weighted by Gasteiger charge is -2.22. The molecule has 2 aromatic rings. The van der Waals surface area contributed by atoms with Gasteiger partial charge >= 0.3 is 0 Å². The van der Waals surface area contributed by atoms with Gasteiger partial charge < -0.3 is 5.73 Å². The summed E-state index contributed by atoms with van der Waals surface area (Å²) in [5.41, 5.74) is 6.56. The fourth-order valence-corrected chi connectivity index (χ4v) is 4.18. The molecule has 0 aliphatic carbocycles. The van der Waals surface area contributed by atoms with Crippen LogP contribution in [0.4, 0.5) is 4.39 Å². The highest BCUT2D eigenvalue weighted by atomic mass is 35.5. The van der Waals surface area contributed by atoms with Gasteiger partial charge in [-0.3, -0.25) is 0 Å². The van der Waals surface area contributed by atoms with Gasteiger partial charge in [0.15, 0.2) is 0 Å². The molecule has 0 aliphatic heterocycles. The van der Waals surface area contributed by atoms with Gasteiger partial charge in [0.1, 0.15) is 10.7 Å². The first kappa shape index (κ1) is 20.9. The van der Waals surface area contributed by atoms with Gasteiger partial charge in [0.25, 0.3) is 0 Å². The molecule has 0 amide bonds.